The van der Waals surface area contributed by atoms with Crippen molar-refractivity contribution in [3.05, 3.63) is 83.4 Å². The van der Waals surface area contributed by atoms with Crippen LogP contribution < -0.4 is 10.1 Å². The van der Waals surface area contributed by atoms with Crippen molar-refractivity contribution in [3.8, 4) is 11.4 Å². The van der Waals surface area contributed by atoms with Crippen LogP contribution in [0, 0.1) is 6.92 Å². The number of methoxy groups -OCH3 is 1. The molecule has 3 aromatic rings. The maximum absolute atomic E-state index is 14.3. The number of amides is 1. The molecule has 4 rings (SSSR count). The van der Waals surface area contributed by atoms with Gasteiger partial charge in [-0.3, -0.25) is 4.79 Å². The average Bonchev–Trinajstić information content (AvgIpc) is 3.29. The number of nitrogens with one attached hydrogen (secondary N) is 1. The number of alkyl halides is 1. The van der Waals surface area contributed by atoms with Gasteiger partial charge < -0.3 is 14.6 Å². The number of ether oxygens (including phenoxy) is 1. The molecule has 2 aromatic carbocycles. The van der Waals surface area contributed by atoms with Crippen molar-refractivity contribution >= 4 is 12.0 Å². The summed E-state index contributed by atoms with van der Waals surface area (Å²) in [7, 11) is 1.60. The van der Waals surface area contributed by atoms with Crippen molar-refractivity contribution in [2.24, 2.45) is 0 Å². The summed E-state index contributed by atoms with van der Waals surface area (Å²) in [6.45, 7) is 1.92. The second-order valence-corrected chi connectivity index (χ2v) is 7.09. The summed E-state index contributed by atoms with van der Waals surface area (Å²) in [6.07, 6.45) is 5.97. The molecule has 1 unspecified atom stereocenters. The highest BCUT2D eigenvalue weighted by molar-refractivity contribution is 5.92. The molecule has 0 spiro atoms. The smallest absolute Gasteiger partial charge is 0.244 e. The Morgan fingerprint density at radius 3 is 2.90 bits per heavy atom. The van der Waals surface area contributed by atoms with Gasteiger partial charge in [0.15, 0.2) is 0 Å². The second-order valence-electron chi connectivity index (χ2n) is 7.09. The highest BCUT2D eigenvalue weighted by atomic mass is 19.1. The van der Waals surface area contributed by atoms with Crippen molar-refractivity contribution in [1.29, 1.82) is 0 Å². The van der Waals surface area contributed by atoms with E-state index in [1.54, 1.807) is 19.5 Å². The number of fused-ring (bicyclic) bond motifs is 1. The first-order valence-corrected chi connectivity index (χ1v) is 9.44. The fourth-order valence-electron chi connectivity index (χ4n) is 3.65. The Morgan fingerprint density at radius 2 is 2.14 bits per heavy atom. The first kappa shape index (κ1) is 18.9. The molecule has 1 N–H and O–H groups in total. The van der Waals surface area contributed by atoms with Gasteiger partial charge in [0.25, 0.3) is 0 Å². The molecule has 0 saturated carbocycles. The van der Waals surface area contributed by atoms with Gasteiger partial charge in [0.1, 0.15) is 11.9 Å². The fourth-order valence-corrected chi connectivity index (χ4v) is 3.65. The van der Waals surface area contributed by atoms with Crippen LogP contribution in [0.5, 0.6) is 5.75 Å². The lowest BCUT2D eigenvalue weighted by Gasteiger charge is -2.15. The molecule has 6 heteroatoms. The topological polar surface area (TPSA) is 56.1 Å². The van der Waals surface area contributed by atoms with Gasteiger partial charge in [0.2, 0.25) is 5.91 Å². The highest BCUT2D eigenvalue weighted by Gasteiger charge is 2.32. The molecule has 2 atom stereocenters. The van der Waals surface area contributed by atoms with Crippen LogP contribution in [0.2, 0.25) is 0 Å². The Morgan fingerprint density at radius 1 is 1.31 bits per heavy atom. The lowest BCUT2D eigenvalue weighted by Crippen LogP contribution is -2.30. The number of nitrogens with zero attached hydrogens (tertiary/aromatic N) is 2. The molecule has 0 saturated heterocycles. The number of rotatable bonds is 5. The third kappa shape index (κ3) is 3.92. The summed E-state index contributed by atoms with van der Waals surface area (Å²) in [5, 5.41) is 2.78. The Bertz CT molecular complexity index is 1070. The number of aryl methyl sites for hydroxylation is 1. The van der Waals surface area contributed by atoms with Crippen molar-refractivity contribution in [3.63, 3.8) is 0 Å². The molecular weight excluding hydrogens is 369 g/mol. The van der Waals surface area contributed by atoms with E-state index >= 15 is 0 Å². The maximum Gasteiger partial charge on any atom is 0.244 e. The molecule has 0 bridgehead atoms. The minimum atomic E-state index is -1.11. The molecule has 1 aliphatic rings. The molecule has 0 radical (unpaired) electrons. The zero-order chi connectivity index (χ0) is 20.4. The third-order valence-corrected chi connectivity index (χ3v) is 5.09. The largest absolute Gasteiger partial charge is 0.495 e. The zero-order valence-corrected chi connectivity index (χ0v) is 16.3. The number of imidazole rings is 1. The summed E-state index contributed by atoms with van der Waals surface area (Å²) in [5.41, 5.74) is 4.37. The van der Waals surface area contributed by atoms with Crippen molar-refractivity contribution in [2.75, 3.05) is 7.11 Å². The summed E-state index contributed by atoms with van der Waals surface area (Å²) in [4.78, 5) is 16.6. The quantitative estimate of drug-likeness (QED) is 0.670. The van der Waals surface area contributed by atoms with E-state index < -0.39 is 12.2 Å². The van der Waals surface area contributed by atoms with Gasteiger partial charge in [0.05, 0.1) is 30.9 Å². The van der Waals surface area contributed by atoms with E-state index in [-0.39, 0.29) is 5.91 Å². The van der Waals surface area contributed by atoms with E-state index in [1.807, 2.05) is 60.2 Å². The minimum Gasteiger partial charge on any atom is -0.495 e. The molecule has 1 heterocycles. The molecule has 1 aliphatic carbocycles. The zero-order valence-electron chi connectivity index (χ0n) is 16.3. The lowest BCUT2D eigenvalue weighted by molar-refractivity contribution is -0.117. The van der Waals surface area contributed by atoms with E-state index in [0.29, 0.717) is 12.2 Å². The Balaban J connectivity index is 1.48. The molecule has 148 valence electrons. The minimum absolute atomic E-state index is 0.331. The van der Waals surface area contributed by atoms with Crippen LogP contribution in [0.3, 0.4) is 0 Å². The third-order valence-electron chi connectivity index (χ3n) is 5.09. The molecule has 5 nitrogen and oxygen atoms in total. The number of hydrogen-bond donors (Lipinski definition) is 1. The van der Waals surface area contributed by atoms with E-state index in [4.69, 9.17) is 4.74 Å². The van der Waals surface area contributed by atoms with Gasteiger partial charge >= 0.3 is 0 Å². The van der Waals surface area contributed by atoms with Crippen LogP contribution >= 0.6 is 0 Å². The van der Waals surface area contributed by atoms with Crippen LogP contribution in [0.25, 0.3) is 11.8 Å². The van der Waals surface area contributed by atoms with E-state index in [9.17, 15) is 9.18 Å². The number of hydrogen-bond acceptors (Lipinski definition) is 3. The first-order valence-electron chi connectivity index (χ1n) is 9.44. The first-order chi connectivity index (χ1) is 14.0. The second kappa shape index (κ2) is 7.91. The van der Waals surface area contributed by atoms with Crippen molar-refractivity contribution in [2.45, 2.75) is 25.6 Å². The van der Waals surface area contributed by atoms with Gasteiger partial charge in [-0.05, 0) is 41.8 Å². The van der Waals surface area contributed by atoms with Crippen LogP contribution in [-0.4, -0.2) is 28.7 Å². The maximum atomic E-state index is 14.3. The summed E-state index contributed by atoms with van der Waals surface area (Å²) < 4.78 is 21.7. The monoisotopic (exact) mass is 391 g/mol. The van der Waals surface area contributed by atoms with Gasteiger partial charge in [-0.2, -0.15) is 0 Å². The van der Waals surface area contributed by atoms with Crippen LogP contribution in [0.15, 0.2) is 61.1 Å². The normalized spacial score (nSPS) is 18.0. The van der Waals surface area contributed by atoms with Crippen molar-refractivity contribution in [1.82, 2.24) is 14.9 Å². The standard InChI is InChI=1S/C23H22FN3O2/c1-15-13-27(14-25-15)20-9-7-16(11-21(20)29-2)8-10-22(28)26-23-18-6-4-3-5-17(18)12-19(23)24/h3-11,13-14,19,23H,12H2,1-2H3,(H,26,28)/b10-8+/t19-,23?/m1/s1. The SMILES string of the molecule is COc1cc(/C=C/C(=O)NC2c3ccccc3C[C@H]2F)ccc1-n1cnc(C)c1. The van der Waals surface area contributed by atoms with Crippen molar-refractivity contribution < 1.29 is 13.9 Å². The van der Waals surface area contributed by atoms with Gasteiger partial charge in [-0.15, -0.1) is 0 Å². The van der Waals surface area contributed by atoms with Crippen LogP contribution in [0.4, 0.5) is 4.39 Å². The number of carbonyl (C=O) groups excluding carboxylic acids is 1. The number of aromatic nitrogens is 2. The summed E-state index contributed by atoms with van der Waals surface area (Å²) in [5.74, 6) is 0.334. The van der Waals surface area contributed by atoms with E-state index in [1.165, 1.54) is 6.08 Å². The molecule has 0 fully saturated rings. The molecule has 0 aliphatic heterocycles. The van der Waals surface area contributed by atoms with E-state index in [2.05, 4.69) is 10.3 Å². The highest BCUT2D eigenvalue weighted by Crippen LogP contribution is 2.33. The molecule has 1 amide bonds. The lowest BCUT2D eigenvalue weighted by atomic mass is 10.1. The number of halogens is 1. The Labute approximate surface area is 168 Å². The molecule has 1 aromatic heterocycles. The fraction of sp³-hybridized carbons (Fsp3) is 0.217. The van der Waals surface area contributed by atoms with Gasteiger partial charge in [-0.25, -0.2) is 9.37 Å². The number of carbonyl (C=O) groups is 1. The molecular formula is C23H22FN3O2. The van der Waals surface area contributed by atoms with E-state index in [0.717, 1.165) is 28.1 Å². The molecule has 29 heavy (non-hydrogen) atoms. The van der Waals surface area contributed by atoms with Gasteiger partial charge in [-0.1, -0.05) is 30.3 Å². The van der Waals surface area contributed by atoms with Crippen LogP contribution in [-0.2, 0) is 11.2 Å². The Hall–Kier alpha value is -3.41. The Kier molecular flexibility index (Phi) is 5.16. The number of benzene rings is 2. The van der Waals surface area contributed by atoms with Gasteiger partial charge in [0, 0.05) is 18.7 Å². The predicted octanol–water partition coefficient (Wildman–Crippen LogP) is 3.95. The van der Waals surface area contributed by atoms with Crippen LogP contribution in [0.1, 0.15) is 28.4 Å². The predicted molar refractivity (Wildman–Crippen MR) is 110 cm³/mol. The summed E-state index contributed by atoms with van der Waals surface area (Å²) in [6, 6.07) is 12.5. The average molecular weight is 391 g/mol. The summed E-state index contributed by atoms with van der Waals surface area (Å²) >= 11 is 0.